The summed E-state index contributed by atoms with van der Waals surface area (Å²) in [6, 6.07) is 0. The van der Waals surface area contributed by atoms with Crippen LogP contribution in [0.5, 0.6) is 0 Å². The fourth-order valence-corrected chi connectivity index (χ4v) is 2.02. The van der Waals surface area contributed by atoms with Gasteiger partial charge in [0.25, 0.3) is 0 Å². The SMILES string of the molecule is SCC(S)(S)N1CCNCCNCC1. The van der Waals surface area contributed by atoms with E-state index in [9.17, 15) is 0 Å². The number of hydrogen-bond acceptors (Lipinski definition) is 6. The summed E-state index contributed by atoms with van der Waals surface area (Å²) in [6.07, 6.45) is 0. The minimum atomic E-state index is -0.406. The highest BCUT2D eigenvalue weighted by molar-refractivity contribution is 8.01. The van der Waals surface area contributed by atoms with E-state index in [0.717, 1.165) is 39.3 Å². The molecule has 1 heterocycles. The number of nitrogens with zero attached hydrogens (tertiary/aromatic N) is 1. The summed E-state index contributed by atoms with van der Waals surface area (Å²) >= 11 is 13.3. The summed E-state index contributed by atoms with van der Waals surface area (Å²) in [5.41, 5.74) is 0. The van der Waals surface area contributed by atoms with E-state index in [-0.39, 0.29) is 0 Å². The number of rotatable bonds is 2. The summed E-state index contributed by atoms with van der Waals surface area (Å²) in [7, 11) is 0. The fourth-order valence-electron chi connectivity index (χ4n) is 1.42. The molecule has 1 aliphatic heterocycles. The van der Waals surface area contributed by atoms with Crippen LogP contribution in [0.2, 0.25) is 0 Å². The molecule has 0 radical (unpaired) electrons. The third-order valence-corrected chi connectivity index (χ3v) is 4.15. The molecule has 0 aromatic heterocycles. The Morgan fingerprint density at radius 3 is 1.93 bits per heavy atom. The van der Waals surface area contributed by atoms with E-state index < -0.39 is 4.20 Å². The van der Waals surface area contributed by atoms with Crippen LogP contribution in [0.1, 0.15) is 0 Å². The summed E-state index contributed by atoms with van der Waals surface area (Å²) in [4.78, 5) is 2.23. The Bertz CT molecular complexity index is 156. The smallest absolute Gasteiger partial charge is 0.117 e. The molecule has 3 nitrogen and oxygen atoms in total. The normalized spacial score (nSPS) is 22.5. The topological polar surface area (TPSA) is 27.3 Å². The monoisotopic (exact) mass is 253 g/mol. The second-order valence-electron chi connectivity index (χ2n) is 3.42. The molecule has 14 heavy (non-hydrogen) atoms. The third-order valence-electron chi connectivity index (χ3n) is 2.31. The standard InChI is InChI=1S/C8H19N3S3/c12-7-8(13,14)11-5-3-9-1-2-10-4-6-11/h9-10,12-14H,1-7H2. The predicted molar refractivity (Wildman–Crippen MR) is 71.9 cm³/mol. The van der Waals surface area contributed by atoms with E-state index in [4.69, 9.17) is 0 Å². The highest BCUT2D eigenvalue weighted by Crippen LogP contribution is 2.25. The van der Waals surface area contributed by atoms with Gasteiger partial charge in [-0.15, -0.1) is 25.3 Å². The Balaban J connectivity index is 2.47. The predicted octanol–water partition coefficient (Wildman–Crippen LogP) is -0.0756. The lowest BCUT2D eigenvalue weighted by molar-refractivity contribution is 0.259. The summed E-state index contributed by atoms with van der Waals surface area (Å²) in [6.45, 7) is 5.96. The first kappa shape index (κ1) is 13.0. The zero-order valence-corrected chi connectivity index (χ0v) is 10.9. The molecule has 0 saturated carbocycles. The van der Waals surface area contributed by atoms with Crippen LogP contribution in [0.4, 0.5) is 0 Å². The minimum Gasteiger partial charge on any atom is -0.314 e. The van der Waals surface area contributed by atoms with Gasteiger partial charge >= 0.3 is 0 Å². The Morgan fingerprint density at radius 2 is 1.50 bits per heavy atom. The van der Waals surface area contributed by atoms with Gasteiger partial charge in [0.15, 0.2) is 0 Å². The van der Waals surface area contributed by atoms with Gasteiger partial charge in [-0.25, -0.2) is 0 Å². The van der Waals surface area contributed by atoms with Crippen molar-refractivity contribution in [3.63, 3.8) is 0 Å². The molecule has 1 rings (SSSR count). The first-order valence-electron chi connectivity index (χ1n) is 4.89. The molecule has 0 unspecified atom stereocenters. The average molecular weight is 253 g/mol. The Kier molecular flexibility index (Phi) is 6.03. The van der Waals surface area contributed by atoms with Crippen LogP contribution in [-0.2, 0) is 0 Å². The molecule has 6 heteroatoms. The number of nitrogens with one attached hydrogen (secondary N) is 2. The van der Waals surface area contributed by atoms with Gasteiger partial charge in [-0.2, -0.15) is 12.6 Å². The maximum absolute atomic E-state index is 4.51. The van der Waals surface area contributed by atoms with E-state index in [0.29, 0.717) is 5.75 Å². The van der Waals surface area contributed by atoms with Gasteiger partial charge in [0, 0.05) is 45.0 Å². The average Bonchev–Trinajstić information content (AvgIpc) is 2.30. The molecule has 0 aromatic rings. The quantitative estimate of drug-likeness (QED) is 0.352. The van der Waals surface area contributed by atoms with Crippen molar-refractivity contribution in [1.82, 2.24) is 15.5 Å². The van der Waals surface area contributed by atoms with Crippen LogP contribution < -0.4 is 10.6 Å². The minimum absolute atomic E-state index is 0.406. The van der Waals surface area contributed by atoms with Crippen LogP contribution in [-0.4, -0.2) is 54.1 Å². The summed E-state index contributed by atoms with van der Waals surface area (Å²) in [5, 5.41) is 6.71. The van der Waals surface area contributed by atoms with Crippen molar-refractivity contribution in [2.45, 2.75) is 4.20 Å². The van der Waals surface area contributed by atoms with Crippen molar-refractivity contribution < 1.29 is 0 Å². The maximum Gasteiger partial charge on any atom is 0.117 e. The van der Waals surface area contributed by atoms with Gasteiger partial charge in [0.2, 0.25) is 0 Å². The molecule has 2 N–H and O–H groups in total. The van der Waals surface area contributed by atoms with Gasteiger partial charge in [-0.05, 0) is 0 Å². The second-order valence-corrected chi connectivity index (χ2v) is 5.57. The lowest BCUT2D eigenvalue weighted by Crippen LogP contribution is -2.46. The molecule has 84 valence electrons. The molecule has 0 aliphatic carbocycles. The molecule has 1 fully saturated rings. The summed E-state index contributed by atoms with van der Waals surface area (Å²) < 4.78 is -0.406. The first-order valence-corrected chi connectivity index (χ1v) is 6.41. The van der Waals surface area contributed by atoms with Gasteiger partial charge in [0.05, 0.1) is 0 Å². The Hall–Kier alpha value is 0.930. The lowest BCUT2D eigenvalue weighted by atomic mass is 10.4. The highest BCUT2D eigenvalue weighted by Gasteiger charge is 2.26. The van der Waals surface area contributed by atoms with Crippen molar-refractivity contribution in [3.05, 3.63) is 0 Å². The van der Waals surface area contributed by atoms with Crippen LogP contribution in [0.25, 0.3) is 0 Å². The van der Waals surface area contributed by atoms with Crippen molar-refractivity contribution >= 4 is 37.9 Å². The van der Waals surface area contributed by atoms with Crippen LogP contribution in [0.15, 0.2) is 0 Å². The maximum atomic E-state index is 4.51. The Morgan fingerprint density at radius 1 is 1.00 bits per heavy atom. The van der Waals surface area contributed by atoms with Crippen LogP contribution in [0.3, 0.4) is 0 Å². The molecular formula is C8H19N3S3. The van der Waals surface area contributed by atoms with Crippen LogP contribution in [0, 0.1) is 0 Å². The molecule has 1 saturated heterocycles. The van der Waals surface area contributed by atoms with E-state index in [1.54, 1.807) is 0 Å². The van der Waals surface area contributed by atoms with E-state index in [1.807, 2.05) is 0 Å². The van der Waals surface area contributed by atoms with Crippen molar-refractivity contribution in [2.24, 2.45) is 0 Å². The van der Waals surface area contributed by atoms with Crippen molar-refractivity contribution in [2.75, 3.05) is 45.0 Å². The fraction of sp³-hybridized carbons (Fsp3) is 1.00. The largest absolute Gasteiger partial charge is 0.314 e. The Labute approximate surface area is 103 Å². The third kappa shape index (κ3) is 4.20. The zero-order chi connectivity index (χ0) is 10.4. The summed E-state index contributed by atoms with van der Waals surface area (Å²) in [5.74, 6) is 0.638. The molecule has 0 atom stereocenters. The van der Waals surface area contributed by atoms with Gasteiger partial charge in [0.1, 0.15) is 4.20 Å². The second kappa shape index (κ2) is 6.50. The highest BCUT2D eigenvalue weighted by atomic mass is 32.2. The molecule has 0 aromatic carbocycles. The first-order chi connectivity index (χ1) is 6.67. The van der Waals surface area contributed by atoms with Crippen LogP contribution >= 0.6 is 37.9 Å². The molecule has 0 bridgehead atoms. The molecular weight excluding hydrogens is 234 g/mol. The van der Waals surface area contributed by atoms with E-state index in [2.05, 4.69) is 53.4 Å². The molecule has 0 amide bonds. The number of hydrogen-bond donors (Lipinski definition) is 5. The van der Waals surface area contributed by atoms with E-state index in [1.165, 1.54) is 0 Å². The molecule has 0 spiro atoms. The molecule has 1 aliphatic rings. The van der Waals surface area contributed by atoms with Gasteiger partial charge < -0.3 is 10.6 Å². The van der Waals surface area contributed by atoms with E-state index >= 15 is 0 Å². The van der Waals surface area contributed by atoms with Gasteiger partial charge in [-0.1, -0.05) is 0 Å². The zero-order valence-electron chi connectivity index (χ0n) is 8.24. The van der Waals surface area contributed by atoms with Gasteiger partial charge in [-0.3, -0.25) is 4.90 Å². The van der Waals surface area contributed by atoms with Crippen molar-refractivity contribution in [3.8, 4) is 0 Å². The lowest BCUT2D eigenvalue weighted by Gasteiger charge is -2.35. The number of thiol groups is 3. The van der Waals surface area contributed by atoms with Crippen molar-refractivity contribution in [1.29, 1.82) is 0 Å².